The van der Waals surface area contributed by atoms with E-state index in [4.69, 9.17) is 9.73 Å². The number of benzene rings is 1. The Bertz CT molecular complexity index is 647. The maximum absolute atomic E-state index is 5.27. The van der Waals surface area contributed by atoms with E-state index in [1.165, 1.54) is 38.4 Å². The van der Waals surface area contributed by atoms with Crippen LogP contribution < -0.4 is 15.0 Å². The number of methoxy groups -OCH3 is 1. The van der Waals surface area contributed by atoms with Crippen molar-refractivity contribution in [3.05, 3.63) is 24.3 Å². The third-order valence-corrected chi connectivity index (χ3v) is 6.20. The van der Waals surface area contributed by atoms with Gasteiger partial charge in [-0.3, -0.25) is 14.8 Å². The molecule has 1 N–H and O–H groups in total. The lowest BCUT2D eigenvalue weighted by Gasteiger charge is -2.47. The Labute approximate surface area is 168 Å². The Morgan fingerprint density at radius 2 is 1.75 bits per heavy atom. The molecule has 1 aromatic rings. The fraction of sp³-hybridized carbons (Fsp3) is 0.667. The summed E-state index contributed by atoms with van der Waals surface area (Å²) in [5, 5.41) is 3.51. The number of hydrogen-bond donors (Lipinski definition) is 1. The Hall–Kier alpha value is -1.99. The number of anilines is 1. The van der Waals surface area contributed by atoms with Gasteiger partial charge < -0.3 is 19.9 Å². The minimum Gasteiger partial charge on any atom is -0.497 e. The third kappa shape index (κ3) is 4.36. The smallest absolute Gasteiger partial charge is 0.194 e. The molecule has 4 aliphatic rings. The van der Waals surface area contributed by atoms with Gasteiger partial charge in [0.15, 0.2) is 5.96 Å². The Morgan fingerprint density at radius 1 is 1.04 bits per heavy atom. The van der Waals surface area contributed by atoms with E-state index in [-0.39, 0.29) is 0 Å². The second-order valence-corrected chi connectivity index (χ2v) is 7.86. The summed E-state index contributed by atoms with van der Waals surface area (Å²) in [6.07, 6.45) is 0. The molecule has 1 aromatic carbocycles. The summed E-state index contributed by atoms with van der Waals surface area (Å²) in [5.41, 5.74) is 1.27. The normalized spacial score (nSPS) is 27.8. The van der Waals surface area contributed by atoms with Crippen LogP contribution in [0, 0.1) is 0 Å². The molecule has 1 atom stereocenters. The maximum Gasteiger partial charge on any atom is 0.194 e. The van der Waals surface area contributed by atoms with Crippen LogP contribution in [0.1, 0.15) is 6.92 Å². The van der Waals surface area contributed by atoms with E-state index in [0.717, 1.165) is 51.0 Å². The molecule has 1 unspecified atom stereocenters. The van der Waals surface area contributed by atoms with Crippen LogP contribution in [0.4, 0.5) is 5.69 Å². The van der Waals surface area contributed by atoms with Crippen LogP contribution in [0.2, 0.25) is 0 Å². The van der Waals surface area contributed by atoms with Crippen LogP contribution in [0.3, 0.4) is 0 Å². The summed E-state index contributed by atoms with van der Waals surface area (Å²) in [6.45, 7) is 14.0. The molecular formula is C21H34N6O. The SMILES string of the molecule is CCNC(=NCC1CN2CCN1CC2)N1CCN(c2ccc(OC)cc2)CC1. The first-order chi connectivity index (χ1) is 13.8. The number of piperazine rings is 4. The minimum absolute atomic E-state index is 0.580. The van der Waals surface area contributed by atoms with Gasteiger partial charge in [0.05, 0.1) is 13.7 Å². The van der Waals surface area contributed by atoms with E-state index in [2.05, 4.69) is 44.0 Å². The first kappa shape index (κ1) is 19.3. The number of guanidine groups is 1. The van der Waals surface area contributed by atoms with Crippen molar-refractivity contribution >= 4 is 11.6 Å². The van der Waals surface area contributed by atoms with E-state index in [0.29, 0.717) is 6.04 Å². The van der Waals surface area contributed by atoms with Gasteiger partial charge in [0.1, 0.15) is 5.75 Å². The largest absolute Gasteiger partial charge is 0.497 e. The molecule has 0 spiro atoms. The molecule has 28 heavy (non-hydrogen) atoms. The highest BCUT2D eigenvalue weighted by molar-refractivity contribution is 5.80. The summed E-state index contributed by atoms with van der Waals surface area (Å²) < 4.78 is 5.27. The van der Waals surface area contributed by atoms with Gasteiger partial charge in [0.25, 0.3) is 0 Å². The van der Waals surface area contributed by atoms with Crippen LogP contribution in [-0.4, -0.2) is 106 Å². The Kier molecular flexibility index (Phi) is 6.22. The van der Waals surface area contributed by atoms with Crippen molar-refractivity contribution in [2.24, 2.45) is 4.99 Å². The monoisotopic (exact) mass is 386 g/mol. The van der Waals surface area contributed by atoms with Crippen molar-refractivity contribution in [3.8, 4) is 5.75 Å². The Balaban J connectivity index is 1.33. The van der Waals surface area contributed by atoms with E-state index >= 15 is 0 Å². The van der Waals surface area contributed by atoms with Crippen LogP contribution in [0.25, 0.3) is 0 Å². The lowest BCUT2D eigenvalue weighted by atomic mass is 10.1. The second kappa shape index (κ2) is 9.01. The number of hydrogen-bond acceptors (Lipinski definition) is 5. The molecule has 5 rings (SSSR count). The molecule has 0 radical (unpaired) electrons. The lowest BCUT2D eigenvalue weighted by molar-refractivity contribution is 0.0173. The molecule has 0 aromatic heterocycles. The van der Waals surface area contributed by atoms with E-state index in [1.807, 2.05) is 12.1 Å². The average molecular weight is 387 g/mol. The molecule has 0 aliphatic carbocycles. The molecule has 4 saturated heterocycles. The van der Waals surface area contributed by atoms with Crippen molar-refractivity contribution in [2.45, 2.75) is 13.0 Å². The zero-order valence-corrected chi connectivity index (χ0v) is 17.3. The van der Waals surface area contributed by atoms with Gasteiger partial charge in [0.2, 0.25) is 0 Å². The molecule has 0 saturated carbocycles. The quantitative estimate of drug-likeness (QED) is 0.596. The number of aliphatic imine (C=N–C) groups is 1. The second-order valence-electron chi connectivity index (χ2n) is 7.86. The first-order valence-electron chi connectivity index (χ1n) is 10.7. The van der Waals surface area contributed by atoms with Crippen LogP contribution in [-0.2, 0) is 0 Å². The maximum atomic E-state index is 5.27. The van der Waals surface area contributed by atoms with Gasteiger partial charge in [-0.15, -0.1) is 0 Å². The molecule has 2 bridgehead atoms. The summed E-state index contributed by atoms with van der Waals surface area (Å²) in [7, 11) is 1.71. The van der Waals surface area contributed by atoms with Crippen molar-refractivity contribution in [3.63, 3.8) is 0 Å². The molecular weight excluding hydrogens is 352 g/mol. The molecule has 4 aliphatic heterocycles. The topological polar surface area (TPSA) is 46.6 Å². The summed E-state index contributed by atoms with van der Waals surface area (Å²) in [4.78, 5) is 15.1. The molecule has 4 fully saturated rings. The lowest BCUT2D eigenvalue weighted by Crippen LogP contribution is -2.62. The summed E-state index contributed by atoms with van der Waals surface area (Å²) >= 11 is 0. The predicted octanol–water partition coefficient (Wildman–Crippen LogP) is 0.783. The van der Waals surface area contributed by atoms with E-state index in [1.54, 1.807) is 7.11 Å². The molecule has 4 heterocycles. The van der Waals surface area contributed by atoms with Gasteiger partial charge in [-0.05, 0) is 31.2 Å². The van der Waals surface area contributed by atoms with Crippen molar-refractivity contribution in [2.75, 3.05) is 84.0 Å². The first-order valence-corrected chi connectivity index (χ1v) is 10.7. The predicted molar refractivity (Wildman–Crippen MR) is 115 cm³/mol. The third-order valence-electron chi connectivity index (χ3n) is 6.20. The number of nitrogens with one attached hydrogen (secondary N) is 1. The molecule has 7 nitrogen and oxygen atoms in total. The van der Waals surface area contributed by atoms with Crippen molar-refractivity contribution in [1.82, 2.24) is 20.0 Å². The summed E-state index contributed by atoms with van der Waals surface area (Å²) in [6, 6.07) is 8.95. The van der Waals surface area contributed by atoms with Gasteiger partial charge >= 0.3 is 0 Å². The van der Waals surface area contributed by atoms with Gasteiger partial charge in [0, 0.05) is 77.2 Å². The fourth-order valence-electron chi connectivity index (χ4n) is 4.48. The van der Waals surface area contributed by atoms with E-state index < -0.39 is 0 Å². The van der Waals surface area contributed by atoms with Crippen molar-refractivity contribution < 1.29 is 4.74 Å². The van der Waals surface area contributed by atoms with Gasteiger partial charge in [-0.2, -0.15) is 0 Å². The zero-order valence-electron chi connectivity index (χ0n) is 17.3. The molecule has 0 amide bonds. The molecule has 154 valence electrons. The Morgan fingerprint density at radius 3 is 2.32 bits per heavy atom. The van der Waals surface area contributed by atoms with E-state index in [9.17, 15) is 0 Å². The minimum atomic E-state index is 0.580. The highest BCUT2D eigenvalue weighted by atomic mass is 16.5. The standard InChI is InChI=1S/C21H34N6O/c1-3-22-21(23-16-19-17-24-8-10-26(19)11-9-24)27-14-12-25(13-15-27)18-4-6-20(28-2)7-5-18/h4-7,19H,3,8-17H2,1-2H3,(H,22,23). The average Bonchev–Trinajstić information content (AvgIpc) is 2.78. The summed E-state index contributed by atoms with van der Waals surface area (Å²) in [5.74, 6) is 1.99. The number of rotatable bonds is 5. The highest BCUT2D eigenvalue weighted by Gasteiger charge is 2.31. The molecule has 7 heteroatoms. The number of fused-ring (bicyclic) bond motifs is 3. The number of nitrogens with zero attached hydrogens (tertiary/aromatic N) is 5. The van der Waals surface area contributed by atoms with Crippen LogP contribution >= 0.6 is 0 Å². The van der Waals surface area contributed by atoms with Gasteiger partial charge in [-0.1, -0.05) is 0 Å². The van der Waals surface area contributed by atoms with Crippen molar-refractivity contribution in [1.29, 1.82) is 0 Å². The van der Waals surface area contributed by atoms with Crippen LogP contribution in [0.15, 0.2) is 29.3 Å². The van der Waals surface area contributed by atoms with Crippen LogP contribution in [0.5, 0.6) is 5.75 Å². The highest BCUT2D eigenvalue weighted by Crippen LogP contribution is 2.21. The number of ether oxygens (including phenoxy) is 1. The fourth-order valence-corrected chi connectivity index (χ4v) is 4.48. The van der Waals surface area contributed by atoms with Gasteiger partial charge in [-0.25, -0.2) is 0 Å². The zero-order chi connectivity index (χ0) is 19.3.